The third-order valence-electron chi connectivity index (χ3n) is 3.41. The van der Waals surface area contributed by atoms with Crippen molar-refractivity contribution in [2.45, 2.75) is 12.1 Å². The predicted octanol–water partition coefficient (Wildman–Crippen LogP) is 4.42. The zero-order chi connectivity index (χ0) is 18.0. The van der Waals surface area contributed by atoms with Crippen molar-refractivity contribution < 1.29 is 9.21 Å². The van der Waals surface area contributed by atoms with Crippen LogP contribution in [-0.2, 0) is 11.8 Å². The van der Waals surface area contributed by atoms with Crippen molar-refractivity contribution in [3.63, 3.8) is 0 Å². The Bertz CT molecular complexity index is 903. The van der Waals surface area contributed by atoms with Crippen molar-refractivity contribution in [1.29, 1.82) is 0 Å². The molecule has 25 heavy (non-hydrogen) atoms. The van der Waals surface area contributed by atoms with Crippen LogP contribution in [0.3, 0.4) is 0 Å². The molecule has 0 aliphatic rings. The fourth-order valence-electron chi connectivity index (χ4n) is 2.25. The molecule has 0 aliphatic carbocycles. The molecule has 3 rings (SSSR count). The summed E-state index contributed by atoms with van der Waals surface area (Å²) in [5.74, 6) is 1.45. The number of furan rings is 1. The first-order valence-electron chi connectivity index (χ1n) is 7.26. The lowest BCUT2D eigenvalue weighted by Gasteiger charge is -2.06. The number of halogens is 2. The number of anilines is 1. The molecule has 9 heteroatoms. The molecule has 0 spiro atoms. The molecule has 6 nitrogen and oxygen atoms in total. The molecular formula is C16H14Cl2N4O2S. The number of amides is 1. The van der Waals surface area contributed by atoms with Crippen LogP contribution >= 0.6 is 35.0 Å². The molecule has 0 atom stereocenters. The second kappa shape index (κ2) is 7.51. The molecule has 0 unspecified atom stereocenters. The van der Waals surface area contributed by atoms with E-state index in [2.05, 4.69) is 15.5 Å². The normalized spacial score (nSPS) is 10.9. The van der Waals surface area contributed by atoms with E-state index >= 15 is 0 Å². The second-order valence-electron chi connectivity index (χ2n) is 5.25. The monoisotopic (exact) mass is 396 g/mol. The van der Waals surface area contributed by atoms with Gasteiger partial charge in [0.05, 0.1) is 17.6 Å². The van der Waals surface area contributed by atoms with Gasteiger partial charge in [-0.25, -0.2) is 0 Å². The molecule has 2 aromatic heterocycles. The summed E-state index contributed by atoms with van der Waals surface area (Å²) >= 11 is 13.1. The SMILES string of the molecule is Cc1occc1-c1nnc(SCC(=O)Nc2cc(Cl)cc(Cl)c2)n1C. The Balaban J connectivity index is 1.65. The Kier molecular flexibility index (Phi) is 5.36. The summed E-state index contributed by atoms with van der Waals surface area (Å²) in [6.45, 7) is 1.86. The molecule has 0 fully saturated rings. The van der Waals surface area contributed by atoms with Crippen LogP contribution in [0.1, 0.15) is 5.76 Å². The molecule has 1 N–H and O–H groups in total. The lowest BCUT2D eigenvalue weighted by Crippen LogP contribution is -2.14. The minimum absolute atomic E-state index is 0.181. The van der Waals surface area contributed by atoms with E-state index < -0.39 is 0 Å². The van der Waals surface area contributed by atoms with Crippen LogP contribution in [0.4, 0.5) is 5.69 Å². The van der Waals surface area contributed by atoms with E-state index in [9.17, 15) is 4.79 Å². The number of carbonyl (C=O) groups is 1. The average molecular weight is 397 g/mol. The van der Waals surface area contributed by atoms with Gasteiger partial charge in [0.2, 0.25) is 5.91 Å². The maximum atomic E-state index is 12.1. The van der Waals surface area contributed by atoms with Crippen molar-refractivity contribution in [2.24, 2.45) is 7.05 Å². The number of aryl methyl sites for hydroxylation is 1. The maximum absolute atomic E-state index is 12.1. The van der Waals surface area contributed by atoms with E-state index in [1.807, 2.05) is 24.6 Å². The van der Waals surface area contributed by atoms with E-state index in [1.54, 1.807) is 24.5 Å². The number of thioether (sulfide) groups is 1. The molecule has 2 heterocycles. The Morgan fingerprint density at radius 1 is 1.28 bits per heavy atom. The molecule has 0 saturated heterocycles. The van der Waals surface area contributed by atoms with E-state index in [-0.39, 0.29) is 11.7 Å². The van der Waals surface area contributed by atoms with Gasteiger partial charge in [0.1, 0.15) is 5.76 Å². The third kappa shape index (κ3) is 4.18. The average Bonchev–Trinajstić information content (AvgIpc) is 3.10. The summed E-state index contributed by atoms with van der Waals surface area (Å²) in [5.41, 5.74) is 1.43. The summed E-state index contributed by atoms with van der Waals surface area (Å²) in [6.07, 6.45) is 1.61. The van der Waals surface area contributed by atoms with Crippen molar-refractivity contribution in [3.8, 4) is 11.4 Å². The van der Waals surface area contributed by atoms with Gasteiger partial charge in [-0.15, -0.1) is 10.2 Å². The summed E-state index contributed by atoms with van der Waals surface area (Å²) in [6, 6.07) is 6.71. The third-order valence-corrected chi connectivity index (χ3v) is 4.87. The molecule has 3 aromatic rings. The van der Waals surface area contributed by atoms with Crippen LogP contribution < -0.4 is 5.32 Å². The molecule has 130 valence electrons. The molecule has 0 bridgehead atoms. The number of nitrogens with zero attached hydrogens (tertiary/aromatic N) is 3. The molecule has 0 saturated carbocycles. The van der Waals surface area contributed by atoms with Gasteiger partial charge in [-0.05, 0) is 31.2 Å². The summed E-state index contributed by atoms with van der Waals surface area (Å²) in [4.78, 5) is 12.1. The van der Waals surface area contributed by atoms with Crippen LogP contribution in [0.5, 0.6) is 0 Å². The molecule has 1 aromatic carbocycles. The van der Waals surface area contributed by atoms with Crippen LogP contribution in [0.15, 0.2) is 40.1 Å². The predicted molar refractivity (Wildman–Crippen MR) is 99.3 cm³/mol. The number of carbonyl (C=O) groups excluding carboxylic acids is 1. The van der Waals surface area contributed by atoms with Crippen LogP contribution in [0, 0.1) is 6.92 Å². The summed E-state index contributed by atoms with van der Waals surface area (Å²) in [5, 5.41) is 12.6. The topological polar surface area (TPSA) is 72.9 Å². The minimum Gasteiger partial charge on any atom is -0.469 e. The van der Waals surface area contributed by atoms with Crippen LogP contribution in [0.25, 0.3) is 11.4 Å². The standard InChI is InChI=1S/C16H14Cl2N4O2S/c1-9-13(3-4-24-9)15-20-21-16(22(15)2)25-8-14(23)19-12-6-10(17)5-11(18)7-12/h3-7H,8H2,1-2H3,(H,19,23). The minimum atomic E-state index is -0.188. The number of rotatable bonds is 5. The highest BCUT2D eigenvalue weighted by Gasteiger charge is 2.16. The number of benzene rings is 1. The molecule has 0 radical (unpaired) electrons. The quantitative estimate of drug-likeness (QED) is 0.646. The van der Waals surface area contributed by atoms with E-state index in [0.29, 0.717) is 26.7 Å². The van der Waals surface area contributed by atoms with Gasteiger partial charge >= 0.3 is 0 Å². The largest absolute Gasteiger partial charge is 0.469 e. The first-order valence-corrected chi connectivity index (χ1v) is 9.01. The van der Waals surface area contributed by atoms with Crippen molar-refractivity contribution in [2.75, 3.05) is 11.1 Å². The van der Waals surface area contributed by atoms with Gasteiger partial charge < -0.3 is 14.3 Å². The maximum Gasteiger partial charge on any atom is 0.234 e. The van der Waals surface area contributed by atoms with Crippen LogP contribution in [0.2, 0.25) is 10.0 Å². The second-order valence-corrected chi connectivity index (χ2v) is 7.07. The smallest absolute Gasteiger partial charge is 0.234 e. The highest BCUT2D eigenvalue weighted by Crippen LogP contribution is 2.26. The first-order chi connectivity index (χ1) is 11.9. The van der Waals surface area contributed by atoms with Gasteiger partial charge in [0, 0.05) is 22.8 Å². The van der Waals surface area contributed by atoms with Gasteiger partial charge in [0.25, 0.3) is 0 Å². The van der Waals surface area contributed by atoms with E-state index in [1.165, 1.54) is 11.8 Å². The lowest BCUT2D eigenvalue weighted by molar-refractivity contribution is -0.113. The number of hydrogen-bond donors (Lipinski definition) is 1. The highest BCUT2D eigenvalue weighted by molar-refractivity contribution is 7.99. The molecular weight excluding hydrogens is 383 g/mol. The molecule has 0 aliphatic heterocycles. The van der Waals surface area contributed by atoms with Crippen molar-refractivity contribution >= 4 is 46.6 Å². The number of hydrogen-bond acceptors (Lipinski definition) is 5. The van der Waals surface area contributed by atoms with E-state index in [4.69, 9.17) is 27.6 Å². The first kappa shape index (κ1) is 17.8. The Labute approximate surface area is 158 Å². The Morgan fingerprint density at radius 2 is 2.00 bits per heavy atom. The van der Waals surface area contributed by atoms with Crippen LogP contribution in [-0.4, -0.2) is 26.4 Å². The van der Waals surface area contributed by atoms with Crippen molar-refractivity contribution in [1.82, 2.24) is 14.8 Å². The summed E-state index contributed by atoms with van der Waals surface area (Å²) < 4.78 is 7.12. The zero-order valence-corrected chi connectivity index (χ0v) is 15.7. The number of aromatic nitrogens is 3. The highest BCUT2D eigenvalue weighted by atomic mass is 35.5. The molecule has 1 amide bonds. The summed E-state index contributed by atoms with van der Waals surface area (Å²) in [7, 11) is 1.85. The fourth-order valence-corrected chi connectivity index (χ4v) is 3.48. The van der Waals surface area contributed by atoms with Gasteiger partial charge in [-0.3, -0.25) is 4.79 Å². The zero-order valence-electron chi connectivity index (χ0n) is 13.4. The number of nitrogens with one attached hydrogen (secondary N) is 1. The van der Waals surface area contributed by atoms with E-state index in [0.717, 1.165) is 11.3 Å². The van der Waals surface area contributed by atoms with Gasteiger partial charge in [-0.1, -0.05) is 35.0 Å². The van der Waals surface area contributed by atoms with Gasteiger partial charge in [-0.2, -0.15) is 0 Å². The van der Waals surface area contributed by atoms with Crippen molar-refractivity contribution in [3.05, 3.63) is 46.3 Å². The fraction of sp³-hybridized carbons (Fsp3) is 0.188. The lowest BCUT2D eigenvalue weighted by atomic mass is 10.2. The Morgan fingerprint density at radius 3 is 2.64 bits per heavy atom. The van der Waals surface area contributed by atoms with Gasteiger partial charge in [0.15, 0.2) is 11.0 Å². The Hall–Kier alpha value is -1.96.